The second-order valence-electron chi connectivity index (χ2n) is 17.6. The minimum Gasteiger partial charge on any atom is -0.509 e. The summed E-state index contributed by atoms with van der Waals surface area (Å²) in [5.74, 6) is 7.71. The maximum Gasteiger partial charge on any atom is 0.314 e. The van der Waals surface area contributed by atoms with Crippen molar-refractivity contribution < 1.29 is 25.8 Å². The number of nitrogens with zero attached hydrogens (tertiary/aromatic N) is 5. The van der Waals surface area contributed by atoms with Crippen LogP contribution in [0.25, 0.3) is 38.8 Å². The fourth-order valence-corrected chi connectivity index (χ4v) is 9.16. The van der Waals surface area contributed by atoms with Gasteiger partial charge in [-0.2, -0.15) is 12.1 Å². The molecule has 6 aromatic carbocycles. The second-order valence-corrected chi connectivity index (χ2v) is 17.6. The van der Waals surface area contributed by atoms with Gasteiger partial charge in [-0.3, -0.25) is 0 Å². The largest absolute Gasteiger partial charge is 0.509 e. The number of rotatable bonds is 7. The van der Waals surface area contributed by atoms with Crippen molar-refractivity contribution in [1.82, 2.24) is 14.4 Å². The van der Waals surface area contributed by atoms with Gasteiger partial charge in [0.15, 0.2) is 0 Å². The van der Waals surface area contributed by atoms with E-state index in [2.05, 4.69) is 224 Å². The molecule has 0 N–H and O–H groups in total. The van der Waals surface area contributed by atoms with Crippen LogP contribution >= 0.6 is 0 Å². The molecule has 0 unspecified atom stereocenters. The van der Waals surface area contributed by atoms with Gasteiger partial charge < -0.3 is 23.9 Å². The van der Waals surface area contributed by atoms with E-state index in [1.54, 1.807) is 0 Å². The first-order valence-corrected chi connectivity index (χ1v) is 21.6. The van der Waals surface area contributed by atoms with Crippen molar-refractivity contribution in [2.45, 2.75) is 40.0 Å². The van der Waals surface area contributed by atoms with Gasteiger partial charge in [0, 0.05) is 67.4 Å². The van der Waals surface area contributed by atoms with Crippen LogP contribution in [-0.2, 0) is 26.5 Å². The van der Waals surface area contributed by atoms with Crippen molar-refractivity contribution in [3.8, 4) is 17.3 Å². The maximum atomic E-state index is 6.66. The molecule has 0 amide bonds. The van der Waals surface area contributed by atoms with Gasteiger partial charge in [0.2, 0.25) is 0 Å². The van der Waals surface area contributed by atoms with E-state index < -0.39 is 0 Å². The quantitative estimate of drug-likeness (QED) is 0.117. The van der Waals surface area contributed by atoms with Crippen molar-refractivity contribution in [2.75, 3.05) is 9.80 Å². The fraction of sp³-hybridized carbons (Fsp3) is 0.107. The zero-order valence-corrected chi connectivity index (χ0v) is 38.6. The van der Waals surface area contributed by atoms with Crippen LogP contribution in [0.5, 0.6) is 11.5 Å². The summed E-state index contributed by atoms with van der Waals surface area (Å²) >= 11 is 0. The van der Waals surface area contributed by atoms with Crippen LogP contribution in [0.3, 0.4) is 0 Å². The Hall–Kier alpha value is -6.82. The van der Waals surface area contributed by atoms with E-state index >= 15 is 0 Å². The van der Waals surface area contributed by atoms with Gasteiger partial charge in [0.25, 0.3) is 0 Å². The number of ether oxygens (including phenoxy) is 1. The minimum atomic E-state index is -0.0251. The Morgan fingerprint density at radius 2 is 1.38 bits per heavy atom. The summed E-state index contributed by atoms with van der Waals surface area (Å²) in [6.45, 7) is 13.3. The monoisotopic (exact) mass is 1010 g/mol. The summed E-state index contributed by atoms with van der Waals surface area (Å²) in [4.78, 5) is 11.8. The summed E-state index contributed by atoms with van der Waals surface area (Å²) in [7, 11) is 0. The first-order chi connectivity index (χ1) is 30.7. The van der Waals surface area contributed by atoms with Crippen LogP contribution in [0.15, 0.2) is 182 Å². The molecule has 8 heteroatoms. The zero-order valence-electron chi connectivity index (χ0n) is 36.4. The van der Waals surface area contributed by atoms with Gasteiger partial charge >= 0.3 is 6.85 Å². The predicted molar refractivity (Wildman–Crippen MR) is 260 cm³/mol. The van der Waals surface area contributed by atoms with Crippen LogP contribution in [0.1, 0.15) is 48.6 Å². The van der Waals surface area contributed by atoms with E-state index in [-0.39, 0.29) is 33.3 Å². The molecule has 0 saturated carbocycles. The molecule has 0 fully saturated rings. The molecular weight excluding hydrogens is 965 g/mol. The summed E-state index contributed by atoms with van der Waals surface area (Å²) < 4.78 is 8.86. The van der Waals surface area contributed by atoms with E-state index in [4.69, 9.17) is 9.72 Å². The topological polar surface area (TPSA) is 36.8 Å². The average Bonchev–Trinajstić information content (AvgIpc) is 3.84. The summed E-state index contributed by atoms with van der Waals surface area (Å²) in [6, 6.07) is 56.2. The molecule has 64 heavy (non-hydrogen) atoms. The Kier molecular flexibility index (Phi) is 10.6. The Morgan fingerprint density at radius 3 is 2.17 bits per heavy atom. The molecular formula is C56H45BN5OPt-3. The van der Waals surface area contributed by atoms with Crippen molar-refractivity contribution >= 4 is 56.9 Å². The van der Waals surface area contributed by atoms with Crippen LogP contribution in [0, 0.1) is 32.6 Å². The van der Waals surface area contributed by atoms with Crippen LogP contribution in [0.2, 0.25) is 0 Å². The number of hydrogen-bond acceptors (Lipinski definition) is 5. The Labute approximate surface area is 390 Å². The van der Waals surface area contributed by atoms with Crippen LogP contribution in [-0.4, -0.2) is 21.2 Å². The predicted octanol–water partition coefficient (Wildman–Crippen LogP) is 13.5. The number of benzene rings is 6. The number of fused-ring (bicyclic) bond motifs is 5. The van der Waals surface area contributed by atoms with Gasteiger partial charge in [-0.15, -0.1) is 48.1 Å². The molecule has 0 radical (unpaired) electrons. The van der Waals surface area contributed by atoms with E-state index in [1.807, 2.05) is 24.4 Å². The molecule has 5 heterocycles. The molecule has 0 spiro atoms. The summed E-state index contributed by atoms with van der Waals surface area (Å²) in [5, 5.41) is 2.23. The minimum absolute atomic E-state index is 0. The van der Waals surface area contributed by atoms with Crippen LogP contribution < -0.4 is 14.5 Å². The standard InChI is InChI=1S/C56H45BN5O.Pt/c1-38-30-39(2)32-42(31-38)47-25-28-57-27-24-41(40-14-7-6-8-15-40)36-61(57)55(47)60-37-59(51-20-11-12-21-52(51)60)44-16-13-17-45(34-44)63-46-22-23-49-48-18-9-10-19-50(48)62(53(49)35-46)54-33-43(26-29-58-54)56(3,4)5;/h6-33,36-37H,1-5H3;/q-3;. The number of pyridine rings is 1. The van der Waals surface area contributed by atoms with E-state index in [0.717, 1.165) is 61.7 Å². The van der Waals surface area contributed by atoms with E-state index in [0.29, 0.717) is 11.5 Å². The molecule has 3 aliphatic heterocycles. The van der Waals surface area contributed by atoms with E-state index in [9.17, 15) is 0 Å². The molecule has 11 rings (SSSR count). The average molecular weight is 1010 g/mol. The molecule has 0 bridgehead atoms. The summed E-state index contributed by atoms with van der Waals surface area (Å²) in [5.41, 5.74) is 13.3. The zero-order chi connectivity index (χ0) is 42.8. The van der Waals surface area contributed by atoms with Gasteiger partial charge in [0.1, 0.15) is 5.82 Å². The number of para-hydroxylation sites is 3. The van der Waals surface area contributed by atoms with Gasteiger partial charge in [-0.25, -0.2) is 4.98 Å². The van der Waals surface area contributed by atoms with Crippen molar-refractivity contribution in [2.24, 2.45) is 0 Å². The molecule has 316 valence electrons. The van der Waals surface area contributed by atoms with Crippen molar-refractivity contribution in [3.05, 3.63) is 228 Å². The van der Waals surface area contributed by atoms with E-state index in [1.165, 1.54) is 27.8 Å². The van der Waals surface area contributed by atoms with Gasteiger partial charge in [-0.05, 0) is 77.2 Å². The molecule has 2 aromatic heterocycles. The third-order valence-electron chi connectivity index (χ3n) is 12.1. The first kappa shape index (κ1) is 41.2. The smallest absolute Gasteiger partial charge is 0.314 e. The number of aryl methyl sites for hydroxylation is 2. The van der Waals surface area contributed by atoms with Crippen molar-refractivity contribution in [3.63, 3.8) is 0 Å². The SMILES string of the molecule is Cc1cc(C)cc(C2=C(N3[CH-]N(c4[c-]c(Oc5[c-]c6c(cc5)c5ccccc5n6-c5cc(C(C)(C)C)ccn5)ccc4)c4ccccc43)N3C=C(c4ccccc4)C=CB3C=C2)c1.[Pt]. The number of hydrogen-bond donors (Lipinski definition) is 0. The number of anilines is 3. The maximum absolute atomic E-state index is 6.66. The number of allylic oxidation sites excluding steroid dienone is 4. The third kappa shape index (κ3) is 7.38. The molecule has 3 aliphatic rings. The molecule has 0 aliphatic carbocycles. The fourth-order valence-electron chi connectivity index (χ4n) is 9.16. The first-order valence-electron chi connectivity index (χ1n) is 21.6. The Balaban J connectivity index is 0.00000484. The van der Waals surface area contributed by atoms with Gasteiger partial charge in [0.05, 0.1) is 5.82 Å². The number of aromatic nitrogens is 2. The third-order valence-corrected chi connectivity index (χ3v) is 12.1. The molecule has 6 nitrogen and oxygen atoms in total. The molecule has 8 aromatic rings. The molecule has 0 atom stereocenters. The second kappa shape index (κ2) is 16.4. The summed E-state index contributed by atoms with van der Waals surface area (Å²) in [6.07, 6.45) is 8.73. The van der Waals surface area contributed by atoms with Gasteiger partial charge in [-0.1, -0.05) is 140 Å². The normalized spacial score (nSPS) is 14.5. The Morgan fingerprint density at radius 1 is 0.656 bits per heavy atom. The van der Waals surface area contributed by atoms with Crippen LogP contribution in [0.4, 0.5) is 17.1 Å². The Bertz CT molecular complexity index is 3210. The molecule has 0 saturated heterocycles. The van der Waals surface area contributed by atoms with Crippen molar-refractivity contribution in [1.29, 1.82) is 0 Å².